The van der Waals surface area contributed by atoms with Crippen LogP contribution in [0.15, 0.2) is 9.59 Å². The van der Waals surface area contributed by atoms with Gasteiger partial charge in [0.05, 0.1) is 0 Å². The van der Waals surface area contributed by atoms with E-state index in [0.29, 0.717) is 5.92 Å². The Morgan fingerprint density at radius 2 is 1.84 bits per heavy atom. The second kappa shape index (κ2) is 5.56. The molecular formula is C12H21N5O2. The van der Waals surface area contributed by atoms with Gasteiger partial charge in [0.1, 0.15) is 0 Å². The maximum atomic E-state index is 11.9. The molecule has 2 rings (SSSR count). The molecule has 7 nitrogen and oxygen atoms in total. The van der Waals surface area contributed by atoms with Crippen molar-refractivity contribution in [1.29, 1.82) is 0 Å². The van der Waals surface area contributed by atoms with E-state index in [0.717, 1.165) is 37.0 Å². The Labute approximate surface area is 111 Å². The van der Waals surface area contributed by atoms with Gasteiger partial charge in [0.15, 0.2) is 0 Å². The van der Waals surface area contributed by atoms with Crippen LogP contribution in [0.1, 0.15) is 12.8 Å². The highest BCUT2D eigenvalue weighted by molar-refractivity contribution is 5.29. The average Bonchev–Trinajstić information content (AvgIpc) is 2.41. The van der Waals surface area contributed by atoms with Crippen molar-refractivity contribution in [3.05, 3.63) is 20.8 Å². The molecule has 0 saturated carbocycles. The second-order valence-electron chi connectivity index (χ2n) is 5.25. The first-order valence-electron chi connectivity index (χ1n) is 6.56. The number of piperidine rings is 1. The molecule has 0 amide bonds. The molecule has 0 atom stereocenters. The van der Waals surface area contributed by atoms with E-state index < -0.39 is 5.69 Å². The van der Waals surface area contributed by atoms with Gasteiger partial charge >= 0.3 is 5.69 Å². The predicted octanol–water partition coefficient (Wildman–Crippen LogP) is -0.767. The van der Waals surface area contributed by atoms with Gasteiger partial charge in [-0.05, 0) is 38.9 Å². The van der Waals surface area contributed by atoms with E-state index in [9.17, 15) is 9.59 Å². The molecule has 7 heteroatoms. The number of anilines is 1. The highest BCUT2D eigenvalue weighted by Gasteiger charge is 2.17. The SMILES string of the molecule is CN1CCC(CNc2nn(C)c(=O)n(C)c2=O)CC1. The van der Waals surface area contributed by atoms with Crippen LogP contribution in [0.5, 0.6) is 0 Å². The van der Waals surface area contributed by atoms with E-state index in [1.54, 1.807) is 7.05 Å². The molecule has 1 saturated heterocycles. The molecular weight excluding hydrogens is 246 g/mol. The van der Waals surface area contributed by atoms with E-state index in [2.05, 4.69) is 22.4 Å². The maximum absolute atomic E-state index is 11.9. The molecule has 106 valence electrons. The summed E-state index contributed by atoms with van der Waals surface area (Å²) in [5.74, 6) is 0.809. The summed E-state index contributed by atoms with van der Waals surface area (Å²) in [5.41, 5.74) is -0.772. The lowest BCUT2D eigenvalue weighted by Gasteiger charge is -2.28. The average molecular weight is 267 g/mol. The predicted molar refractivity (Wildman–Crippen MR) is 73.4 cm³/mol. The molecule has 1 aromatic rings. The summed E-state index contributed by atoms with van der Waals surface area (Å²) < 4.78 is 2.25. The van der Waals surface area contributed by atoms with Crippen LogP contribution in [-0.4, -0.2) is 45.9 Å². The van der Waals surface area contributed by atoms with Gasteiger partial charge in [-0.25, -0.2) is 9.48 Å². The molecule has 0 bridgehead atoms. The zero-order valence-electron chi connectivity index (χ0n) is 11.7. The Morgan fingerprint density at radius 3 is 2.47 bits per heavy atom. The third kappa shape index (κ3) is 3.04. The van der Waals surface area contributed by atoms with Crippen LogP contribution in [0.25, 0.3) is 0 Å². The van der Waals surface area contributed by atoms with E-state index in [4.69, 9.17) is 0 Å². The molecule has 1 N–H and O–H groups in total. The largest absolute Gasteiger partial charge is 0.364 e. The summed E-state index contributed by atoms with van der Waals surface area (Å²) in [6.07, 6.45) is 2.24. The summed E-state index contributed by atoms with van der Waals surface area (Å²) in [6, 6.07) is 0. The minimum absolute atomic E-state index is 0.253. The van der Waals surface area contributed by atoms with E-state index in [1.807, 2.05) is 0 Å². The Morgan fingerprint density at radius 1 is 1.21 bits per heavy atom. The quantitative estimate of drug-likeness (QED) is 0.779. The monoisotopic (exact) mass is 267 g/mol. The number of nitrogens with zero attached hydrogens (tertiary/aromatic N) is 4. The number of aromatic nitrogens is 3. The van der Waals surface area contributed by atoms with Crippen molar-refractivity contribution in [2.75, 3.05) is 32.0 Å². The highest BCUT2D eigenvalue weighted by Crippen LogP contribution is 2.15. The standard InChI is InChI=1S/C12H21N5O2/c1-15-6-4-9(5-7-15)8-13-10-11(18)16(2)12(19)17(3)14-10/h9H,4-8H2,1-3H3,(H,13,14). The lowest BCUT2D eigenvalue weighted by atomic mass is 9.97. The van der Waals surface area contributed by atoms with Crippen LogP contribution >= 0.6 is 0 Å². The van der Waals surface area contributed by atoms with Gasteiger partial charge in [0, 0.05) is 20.6 Å². The molecule has 0 unspecified atom stereocenters. The maximum Gasteiger partial charge on any atom is 0.346 e. The number of aryl methyl sites for hydroxylation is 1. The minimum Gasteiger partial charge on any atom is -0.364 e. The van der Waals surface area contributed by atoms with Crippen molar-refractivity contribution >= 4 is 5.82 Å². The fourth-order valence-corrected chi connectivity index (χ4v) is 2.32. The normalized spacial score (nSPS) is 17.6. The molecule has 1 aliphatic rings. The fourth-order valence-electron chi connectivity index (χ4n) is 2.32. The molecule has 0 spiro atoms. The molecule has 19 heavy (non-hydrogen) atoms. The van der Waals surface area contributed by atoms with E-state index in [1.165, 1.54) is 11.7 Å². The van der Waals surface area contributed by atoms with Crippen LogP contribution in [0.4, 0.5) is 5.82 Å². The number of hydrogen-bond donors (Lipinski definition) is 1. The highest BCUT2D eigenvalue weighted by atomic mass is 16.2. The number of rotatable bonds is 3. The van der Waals surface area contributed by atoms with Crippen molar-refractivity contribution in [3.63, 3.8) is 0 Å². The smallest absolute Gasteiger partial charge is 0.346 e. The van der Waals surface area contributed by atoms with Gasteiger partial charge in [0.2, 0.25) is 5.82 Å². The van der Waals surface area contributed by atoms with Gasteiger partial charge < -0.3 is 10.2 Å². The van der Waals surface area contributed by atoms with Crippen molar-refractivity contribution in [1.82, 2.24) is 19.2 Å². The first-order chi connectivity index (χ1) is 8.99. The second-order valence-corrected chi connectivity index (χ2v) is 5.25. The molecule has 2 heterocycles. The van der Waals surface area contributed by atoms with Crippen molar-refractivity contribution in [3.8, 4) is 0 Å². The first kappa shape index (κ1) is 13.8. The fraction of sp³-hybridized carbons (Fsp3) is 0.750. The molecule has 1 aromatic heterocycles. The third-order valence-corrected chi connectivity index (χ3v) is 3.72. The zero-order valence-corrected chi connectivity index (χ0v) is 11.7. The van der Waals surface area contributed by atoms with E-state index in [-0.39, 0.29) is 11.4 Å². The number of likely N-dealkylation sites (tertiary alicyclic amines) is 1. The van der Waals surface area contributed by atoms with Gasteiger partial charge in [-0.1, -0.05) is 0 Å². The first-order valence-corrected chi connectivity index (χ1v) is 6.56. The van der Waals surface area contributed by atoms with Gasteiger partial charge in [-0.2, -0.15) is 0 Å². The summed E-state index contributed by atoms with van der Waals surface area (Å²) in [4.78, 5) is 25.7. The van der Waals surface area contributed by atoms with Crippen LogP contribution in [0, 0.1) is 5.92 Å². The lowest BCUT2D eigenvalue weighted by Crippen LogP contribution is -2.41. The van der Waals surface area contributed by atoms with Gasteiger partial charge in [0.25, 0.3) is 5.56 Å². The van der Waals surface area contributed by atoms with Crippen molar-refractivity contribution < 1.29 is 0 Å². The van der Waals surface area contributed by atoms with Crippen LogP contribution < -0.4 is 16.6 Å². The Balaban J connectivity index is 2.04. The Hall–Kier alpha value is -1.63. The lowest BCUT2D eigenvalue weighted by molar-refractivity contribution is 0.226. The summed E-state index contributed by atoms with van der Waals surface area (Å²) in [5, 5.41) is 7.07. The topological polar surface area (TPSA) is 72.2 Å². The van der Waals surface area contributed by atoms with E-state index >= 15 is 0 Å². The Bertz CT molecular complexity index is 554. The summed E-state index contributed by atoms with van der Waals surface area (Å²) in [7, 11) is 5.13. The van der Waals surface area contributed by atoms with Gasteiger partial charge in [-0.3, -0.25) is 9.36 Å². The van der Waals surface area contributed by atoms with Gasteiger partial charge in [-0.15, -0.1) is 5.10 Å². The zero-order chi connectivity index (χ0) is 14.0. The summed E-state index contributed by atoms with van der Waals surface area (Å²) >= 11 is 0. The molecule has 1 fully saturated rings. The van der Waals surface area contributed by atoms with Crippen LogP contribution in [0.2, 0.25) is 0 Å². The third-order valence-electron chi connectivity index (χ3n) is 3.72. The molecule has 0 radical (unpaired) electrons. The van der Waals surface area contributed by atoms with Crippen molar-refractivity contribution in [2.45, 2.75) is 12.8 Å². The molecule has 1 aliphatic heterocycles. The molecule has 0 aromatic carbocycles. The number of nitrogens with one attached hydrogen (secondary N) is 1. The van der Waals surface area contributed by atoms with Crippen LogP contribution in [-0.2, 0) is 14.1 Å². The number of hydrogen-bond acceptors (Lipinski definition) is 5. The van der Waals surface area contributed by atoms with Crippen molar-refractivity contribution in [2.24, 2.45) is 20.0 Å². The Kier molecular flexibility index (Phi) is 4.04. The molecule has 0 aliphatic carbocycles. The minimum atomic E-state index is -0.408. The van der Waals surface area contributed by atoms with Crippen LogP contribution in [0.3, 0.4) is 0 Å². The summed E-state index contributed by atoms with van der Waals surface area (Å²) in [6.45, 7) is 2.91.